The molecule has 1 unspecified atom stereocenters. The molecule has 0 radical (unpaired) electrons. The Labute approximate surface area is 116 Å². The molecule has 108 valence electrons. The second-order valence-corrected chi connectivity index (χ2v) is 5.17. The zero-order chi connectivity index (χ0) is 14.8. The molecular weight excluding hydrogens is 263 g/mol. The molecule has 0 saturated carbocycles. The normalized spacial score (nSPS) is 22.3. The van der Waals surface area contributed by atoms with E-state index in [4.69, 9.17) is 5.11 Å². The van der Waals surface area contributed by atoms with Gasteiger partial charge in [-0.15, -0.1) is 0 Å². The number of benzene rings is 1. The lowest BCUT2D eigenvalue weighted by atomic mass is 9.90. The molecule has 0 aromatic heterocycles. The Morgan fingerprint density at radius 2 is 2.15 bits per heavy atom. The van der Waals surface area contributed by atoms with Crippen LogP contribution in [0.15, 0.2) is 18.2 Å². The molecule has 1 aromatic carbocycles. The molecule has 6 heteroatoms. The van der Waals surface area contributed by atoms with Crippen molar-refractivity contribution in [2.45, 2.75) is 31.7 Å². The quantitative estimate of drug-likeness (QED) is 0.791. The van der Waals surface area contributed by atoms with E-state index in [1.807, 2.05) is 6.92 Å². The van der Waals surface area contributed by atoms with Crippen molar-refractivity contribution >= 4 is 17.6 Å². The van der Waals surface area contributed by atoms with Crippen molar-refractivity contribution in [2.24, 2.45) is 0 Å². The van der Waals surface area contributed by atoms with Gasteiger partial charge in [-0.05, 0) is 50.9 Å². The summed E-state index contributed by atoms with van der Waals surface area (Å²) in [5.41, 5.74) is -0.845. The first-order valence-corrected chi connectivity index (χ1v) is 6.52. The molecule has 5 nitrogen and oxygen atoms in total. The van der Waals surface area contributed by atoms with E-state index in [-0.39, 0.29) is 11.6 Å². The van der Waals surface area contributed by atoms with E-state index in [1.165, 1.54) is 6.07 Å². The third-order valence-corrected chi connectivity index (χ3v) is 3.57. The number of hydrogen-bond donors (Lipinski definition) is 3. The molecule has 1 heterocycles. The van der Waals surface area contributed by atoms with Crippen LogP contribution in [-0.2, 0) is 4.79 Å². The molecule has 1 aliphatic heterocycles. The molecule has 0 aliphatic carbocycles. The summed E-state index contributed by atoms with van der Waals surface area (Å²) < 4.78 is 13.3. The highest BCUT2D eigenvalue weighted by molar-refractivity contribution is 5.99. The van der Waals surface area contributed by atoms with Gasteiger partial charge in [-0.3, -0.25) is 4.79 Å². The summed E-state index contributed by atoms with van der Waals surface area (Å²) in [6.07, 6.45) is 2.70. The van der Waals surface area contributed by atoms with E-state index in [9.17, 15) is 14.0 Å². The van der Waals surface area contributed by atoms with Crippen LogP contribution in [0.5, 0.6) is 0 Å². The maximum absolute atomic E-state index is 13.3. The van der Waals surface area contributed by atoms with Crippen molar-refractivity contribution in [3.05, 3.63) is 29.6 Å². The van der Waals surface area contributed by atoms with Crippen LogP contribution in [0.4, 0.5) is 10.1 Å². The number of carboxylic acids is 1. The highest BCUT2D eigenvalue weighted by Crippen LogP contribution is 2.22. The number of hydrogen-bond acceptors (Lipinski definition) is 3. The Bertz CT molecular complexity index is 539. The summed E-state index contributed by atoms with van der Waals surface area (Å²) in [5, 5.41) is 14.7. The van der Waals surface area contributed by atoms with Gasteiger partial charge in [-0.1, -0.05) is 0 Å². The first-order chi connectivity index (χ1) is 9.42. The Morgan fingerprint density at radius 1 is 1.40 bits per heavy atom. The fourth-order valence-electron chi connectivity index (χ4n) is 2.29. The molecule has 2 rings (SSSR count). The predicted molar refractivity (Wildman–Crippen MR) is 72.2 cm³/mol. The third-order valence-electron chi connectivity index (χ3n) is 3.57. The van der Waals surface area contributed by atoms with Gasteiger partial charge in [-0.25, -0.2) is 9.18 Å². The maximum atomic E-state index is 13.3. The zero-order valence-electron chi connectivity index (χ0n) is 11.2. The standard InChI is InChI=1S/C14H17FN2O3/c1-14(6-2-3-7-16-14)13(20)17-9-4-5-11(15)10(8-9)12(18)19/h4-5,8,16H,2-3,6-7H2,1H3,(H,17,20)(H,18,19). The monoisotopic (exact) mass is 280 g/mol. The number of amides is 1. The second-order valence-electron chi connectivity index (χ2n) is 5.17. The van der Waals surface area contributed by atoms with Gasteiger partial charge >= 0.3 is 5.97 Å². The lowest BCUT2D eigenvalue weighted by Gasteiger charge is -2.33. The first kappa shape index (κ1) is 14.5. The SMILES string of the molecule is CC1(C(=O)Nc2ccc(F)c(C(=O)O)c2)CCCCN1. The summed E-state index contributed by atoms with van der Waals surface area (Å²) in [6, 6.07) is 3.52. The topological polar surface area (TPSA) is 78.4 Å². The Hall–Kier alpha value is -1.95. The molecule has 3 N–H and O–H groups in total. The molecule has 1 fully saturated rings. The molecule has 0 spiro atoms. The second kappa shape index (κ2) is 5.58. The number of nitrogens with one attached hydrogen (secondary N) is 2. The van der Waals surface area contributed by atoms with E-state index < -0.39 is 22.9 Å². The molecule has 0 bridgehead atoms. The van der Waals surface area contributed by atoms with E-state index in [1.54, 1.807) is 0 Å². The number of carboxylic acid groups (broad SMARTS) is 1. The van der Waals surface area contributed by atoms with Crippen LogP contribution in [0.1, 0.15) is 36.5 Å². The largest absolute Gasteiger partial charge is 0.478 e. The van der Waals surface area contributed by atoms with Gasteiger partial charge in [0.05, 0.1) is 11.1 Å². The van der Waals surface area contributed by atoms with Crippen molar-refractivity contribution in [1.29, 1.82) is 0 Å². The number of anilines is 1. The van der Waals surface area contributed by atoms with Gasteiger partial charge in [0.2, 0.25) is 5.91 Å². The average molecular weight is 280 g/mol. The van der Waals surface area contributed by atoms with E-state index in [2.05, 4.69) is 10.6 Å². The van der Waals surface area contributed by atoms with Crippen molar-refractivity contribution in [3.8, 4) is 0 Å². The number of piperidine rings is 1. The van der Waals surface area contributed by atoms with Crippen molar-refractivity contribution in [1.82, 2.24) is 5.32 Å². The van der Waals surface area contributed by atoms with Crippen molar-refractivity contribution < 1.29 is 19.1 Å². The third kappa shape index (κ3) is 2.96. The van der Waals surface area contributed by atoms with Crippen LogP contribution in [0, 0.1) is 5.82 Å². The highest BCUT2D eigenvalue weighted by Gasteiger charge is 2.34. The Balaban J connectivity index is 2.15. The van der Waals surface area contributed by atoms with Crippen LogP contribution in [0.25, 0.3) is 0 Å². The number of rotatable bonds is 3. The lowest BCUT2D eigenvalue weighted by molar-refractivity contribution is -0.122. The average Bonchev–Trinajstić information content (AvgIpc) is 2.41. The Kier molecular flexibility index (Phi) is 4.04. The van der Waals surface area contributed by atoms with Crippen LogP contribution >= 0.6 is 0 Å². The number of carbonyl (C=O) groups is 2. The van der Waals surface area contributed by atoms with E-state index in [0.717, 1.165) is 31.5 Å². The van der Waals surface area contributed by atoms with Crippen LogP contribution in [0.2, 0.25) is 0 Å². The predicted octanol–water partition coefficient (Wildman–Crippen LogP) is 1.99. The van der Waals surface area contributed by atoms with Crippen LogP contribution in [0.3, 0.4) is 0 Å². The van der Waals surface area contributed by atoms with Crippen LogP contribution < -0.4 is 10.6 Å². The summed E-state index contributed by atoms with van der Waals surface area (Å²) >= 11 is 0. The smallest absolute Gasteiger partial charge is 0.338 e. The van der Waals surface area contributed by atoms with Gasteiger partial charge in [0, 0.05) is 5.69 Å². The molecule has 1 amide bonds. The summed E-state index contributed by atoms with van der Waals surface area (Å²) in [6.45, 7) is 2.58. The van der Waals surface area contributed by atoms with Gasteiger partial charge in [-0.2, -0.15) is 0 Å². The first-order valence-electron chi connectivity index (χ1n) is 6.52. The maximum Gasteiger partial charge on any atom is 0.338 e. The fourth-order valence-corrected chi connectivity index (χ4v) is 2.29. The molecule has 1 saturated heterocycles. The Morgan fingerprint density at radius 3 is 2.75 bits per heavy atom. The molecule has 1 aromatic rings. The number of aromatic carboxylic acids is 1. The minimum atomic E-state index is -1.36. The van der Waals surface area contributed by atoms with Gasteiger partial charge < -0.3 is 15.7 Å². The van der Waals surface area contributed by atoms with Crippen molar-refractivity contribution in [3.63, 3.8) is 0 Å². The van der Waals surface area contributed by atoms with Crippen molar-refractivity contribution in [2.75, 3.05) is 11.9 Å². The van der Waals surface area contributed by atoms with Crippen LogP contribution in [-0.4, -0.2) is 29.1 Å². The summed E-state index contributed by atoms with van der Waals surface area (Å²) in [4.78, 5) is 23.1. The molecule has 1 atom stereocenters. The summed E-state index contributed by atoms with van der Waals surface area (Å²) in [7, 11) is 0. The summed E-state index contributed by atoms with van der Waals surface area (Å²) in [5.74, 6) is -2.42. The minimum Gasteiger partial charge on any atom is -0.478 e. The van der Waals surface area contributed by atoms with E-state index in [0.29, 0.717) is 6.42 Å². The fraction of sp³-hybridized carbons (Fsp3) is 0.429. The highest BCUT2D eigenvalue weighted by atomic mass is 19.1. The zero-order valence-corrected chi connectivity index (χ0v) is 11.2. The molecular formula is C14H17FN2O3. The number of halogens is 1. The van der Waals surface area contributed by atoms with Gasteiger partial charge in [0.15, 0.2) is 0 Å². The number of carbonyl (C=O) groups excluding carboxylic acids is 1. The molecule has 1 aliphatic rings. The van der Waals surface area contributed by atoms with Gasteiger partial charge in [0.25, 0.3) is 0 Å². The molecule has 20 heavy (non-hydrogen) atoms. The lowest BCUT2D eigenvalue weighted by Crippen LogP contribution is -2.54. The minimum absolute atomic E-state index is 0.236. The van der Waals surface area contributed by atoms with Gasteiger partial charge in [0.1, 0.15) is 5.82 Å². The van der Waals surface area contributed by atoms with E-state index >= 15 is 0 Å².